The Morgan fingerprint density at radius 3 is 2.84 bits per heavy atom. The molecule has 19 heavy (non-hydrogen) atoms. The highest BCUT2D eigenvalue weighted by molar-refractivity contribution is 14.1. The second kappa shape index (κ2) is 4.98. The molecule has 0 amide bonds. The smallest absolute Gasteiger partial charge is 0.351 e. The van der Waals surface area contributed by atoms with Crippen molar-refractivity contribution in [1.82, 2.24) is 9.55 Å². The molecular weight excluding hydrogens is 369 g/mol. The average Bonchev–Trinajstić information content (AvgIpc) is 2.56. The summed E-state index contributed by atoms with van der Waals surface area (Å²) in [5, 5.41) is 29.2. The summed E-state index contributed by atoms with van der Waals surface area (Å²) in [6.45, 7) is 0.857. The van der Waals surface area contributed by atoms with Gasteiger partial charge in [-0.15, -0.1) is 0 Å². The summed E-state index contributed by atoms with van der Waals surface area (Å²) in [7, 11) is 0. The highest BCUT2D eigenvalue weighted by Crippen LogP contribution is 2.37. The summed E-state index contributed by atoms with van der Waals surface area (Å²) in [4.78, 5) is 15.4. The minimum atomic E-state index is -1.72. The van der Waals surface area contributed by atoms with Crippen LogP contribution in [0.15, 0.2) is 11.0 Å². The molecule has 8 nitrogen and oxygen atoms in total. The number of halogens is 1. The summed E-state index contributed by atoms with van der Waals surface area (Å²) < 4.78 is 6.89. The van der Waals surface area contributed by atoms with Crippen LogP contribution in [0.2, 0.25) is 0 Å². The van der Waals surface area contributed by atoms with Gasteiger partial charge in [-0.1, -0.05) is 0 Å². The Bertz CT molecular complexity index is 546. The van der Waals surface area contributed by atoms with Gasteiger partial charge < -0.3 is 25.8 Å². The number of aliphatic hydroxyl groups excluding tert-OH is 2. The van der Waals surface area contributed by atoms with Crippen molar-refractivity contribution >= 4 is 28.4 Å². The van der Waals surface area contributed by atoms with Crippen LogP contribution >= 0.6 is 22.6 Å². The number of nitrogens with zero attached hydrogens (tertiary/aromatic N) is 2. The number of hydrogen-bond donors (Lipinski definition) is 4. The van der Waals surface area contributed by atoms with Crippen molar-refractivity contribution in [3.63, 3.8) is 0 Å². The molecule has 106 valence electrons. The van der Waals surface area contributed by atoms with Gasteiger partial charge in [0.1, 0.15) is 23.6 Å². The van der Waals surface area contributed by atoms with Gasteiger partial charge in [0.05, 0.1) is 10.2 Å². The van der Waals surface area contributed by atoms with Crippen LogP contribution in [0.5, 0.6) is 0 Å². The number of ether oxygens (including phenoxy) is 1. The van der Waals surface area contributed by atoms with E-state index in [9.17, 15) is 15.0 Å². The number of hydrogen-bond acceptors (Lipinski definition) is 7. The number of aliphatic hydroxyl groups is 3. The van der Waals surface area contributed by atoms with Crippen LogP contribution in [-0.4, -0.2) is 49.3 Å². The fraction of sp³-hybridized carbons (Fsp3) is 0.600. The molecule has 1 aromatic rings. The van der Waals surface area contributed by atoms with Crippen molar-refractivity contribution in [3.05, 3.63) is 20.3 Å². The zero-order valence-corrected chi connectivity index (χ0v) is 12.2. The molecule has 0 saturated carbocycles. The second-order valence-electron chi connectivity index (χ2n) is 4.54. The van der Waals surface area contributed by atoms with E-state index in [1.807, 2.05) is 22.6 Å². The number of nitrogens with two attached hydrogens (primary N) is 1. The molecule has 1 saturated heterocycles. The fourth-order valence-electron chi connectivity index (χ4n) is 2.02. The highest BCUT2D eigenvalue weighted by atomic mass is 127. The quantitative estimate of drug-likeness (QED) is 0.454. The monoisotopic (exact) mass is 383 g/mol. The van der Waals surface area contributed by atoms with Crippen molar-refractivity contribution in [1.29, 1.82) is 0 Å². The van der Waals surface area contributed by atoms with E-state index in [1.165, 1.54) is 13.1 Å². The SMILES string of the molecule is C[C@@]1(O)[C@H](O)[C@@H](CO)O[C@H]1n1cc(I)c(N)nc1=O. The minimum absolute atomic E-state index is 0.0822. The van der Waals surface area contributed by atoms with E-state index in [2.05, 4.69) is 4.98 Å². The highest BCUT2D eigenvalue weighted by Gasteiger charge is 2.53. The molecule has 2 rings (SSSR count). The molecule has 0 spiro atoms. The fourth-order valence-corrected chi connectivity index (χ4v) is 2.44. The summed E-state index contributed by atoms with van der Waals surface area (Å²) in [6, 6.07) is 0. The van der Waals surface area contributed by atoms with Crippen molar-refractivity contribution in [2.24, 2.45) is 0 Å². The van der Waals surface area contributed by atoms with E-state index in [-0.39, 0.29) is 5.82 Å². The lowest BCUT2D eigenvalue weighted by Gasteiger charge is -2.27. The molecule has 4 atom stereocenters. The summed E-state index contributed by atoms with van der Waals surface area (Å²) >= 11 is 1.89. The van der Waals surface area contributed by atoms with Gasteiger partial charge in [-0.25, -0.2) is 4.79 Å². The third-order valence-corrected chi connectivity index (χ3v) is 3.95. The molecule has 0 aromatic carbocycles. The molecule has 0 unspecified atom stereocenters. The van der Waals surface area contributed by atoms with Crippen LogP contribution < -0.4 is 11.4 Å². The van der Waals surface area contributed by atoms with Crippen LogP contribution in [0.1, 0.15) is 13.2 Å². The van der Waals surface area contributed by atoms with Crippen molar-refractivity contribution in [2.75, 3.05) is 12.3 Å². The number of nitrogen functional groups attached to an aromatic ring is 1. The van der Waals surface area contributed by atoms with Crippen molar-refractivity contribution < 1.29 is 20.1 Å². The first-order valence-corrected chi connectivity index (χ1v) is 6.57. The Morgan fingerprint density at radius 1 is 1.68 bits per heavy atom. The van der Waals surface area contributed by atoms with Gasteiger partial charge in [-0.3, -0.25) is 4.57 Å². The predicted octanol–water partition coefficient (Wildman–Crippen LogP) is -1.57. The molecule has 0 radical (unpaired) electrons. The Labute approximate surface area is 122 Å². The standard InChI is InChI=1S/C10H14IN3O5/c1-10(18)6(16)5(3-15)19-8(10)14-2-4(11)7(12)13-9(14)17/h2,5-6,8,15-16,18H,3H2,1H3,(H2,12,13,17)/t5-,6-,8-,10-/m1/s1. The first-order valence-electron chi connectivity index (χ1n) is 5.50. The molecule has 1 fully saturated rings. The zero-order chi connectivity index (χ0) is 14.4. The second-order valence-corrected chi connectivity index (χ2v) is 5.71. The van der Waals surface area contributed by atoms with Crippen LogP contribution in [-0.2, 0) is 4.74 Å². The number of aromatic nitrogens is 2. The molecule has 1 aliphatic rings. The van der Waals surface area contributed by atoms with Crippen LogP contribution in [0.3, 0.4) is 0 Å². The molecule has 1 aliphatic heterocycles. The van der Waals surface area contributed by atoms with E-state index in [1.54, 1.807) is 0 Å². The van der Waals surface area contributed by atoms with E-state index in [0.29, 0.717) is 3.57 Å². The summed E-state index contributed by atoms with van der Waals surface area (Å²) in [5.41, 5.74) is 3.09. The first kappa shape index (κ1) is 14.7. The Morgan fingerprint density at radius 2 is 2.32 bits per heavy atom. The van der Waals surface area contributed by atoms with E-state index in [4.69, 9.17) is 15.6 Å². The van der Waals surface area contributed by atoms with Gasteiger partial charge in [0.15, 0.2) is 6.23 Å². The Hall–Kier alpha value is -0.750. The maximum atomic E-state index is 11.8. The van der Waals surface area contributed by atoms with Crippen molar-refractivity contribution in [2.45, 2.75) is 31.0 Å². The molecule has 0 bridgehead atoms. The number of rotatable bonds is 2. The van der Waals surface area contributed by atoms with Gasteiger partial charge >= 0.3 is 5.69 Å². The summed E-state index contributed by atoms with van der Waals surface area (Å²) in [5.74, 6) is 0.0822. The maximum absolute atomic E-state index is 11.8. The van der Waals surface area contributed by atoms with Crippen molar-refractivity contribution in [3.8, 4) is 0 Å². The molecule has 1 aromatic heterocycles. The van der Waals surface area contributed by atoms with Gasteiger partial charge in [0, 0.05) is 6.20 Å². The molecule has 5 N–H and O–H groups in total. The average molecular weight is 383 g/mol. The van der Waals surface area contributed by atoms with E-state index >= 15 is 0 Å². The first-order chi connectivity index (χ1) is 8.78. The Balaban J connectivity index is 2.48. The lowest BCUT2D eigenvalue weighted by atomic mass is 9.96. The third kappa shape index (κ3) is 2.36. The molecule has 2 heterocycles. The minimum Gasteiger partial charge on any atom is -0.394 e. The van der Waals surface area contributed by atoms with E-state index in [0.717, 1.165) is 4.57 Å². The Kier molecular flexibility index (Phi) is 3.84. The van der Waals surface area contributed by atoms with Gasteiger partial charge in [-0.2, -0.15) is 4.98 Å². The van der Waals surface area contributed by atoms with Crippen LogP contribution in [0.25, 0.3) is 0 Å². The molecule has 9 heteroatoms. The largest absolute Gasteiger partial charge is 0.394 e. The number of anilines is 1. The topological polar surface area (TPSA) is 131 Å². The summed E-state index contributed by atoms with van der Waals surface area (Å²) in [6.07, 6.45) is -2.04. The molecule has 0 aliphatic carbocycles. The van der Waals surface area contributed by atoms with Gasteiger partial charge in [0.25, 0.3) is 0 Å². The lowest BCUT2D eigenvalue weighted by molar-refractivity contribution is -0.0987. The van der Waals surface area contributed by atoms with Crippen LogP contribution in [0, 0.1) is 3.57 Å². The molecular formula is C10H14IN3O5. The van der Waals surface area contributed by atoms with E-state index < -0.39 is 36.3 Å². The maximum Gasteiger partial charge on any atom is 0.351 e. The zero-order valence-electron chi connectivity index (χ0n) is 10.0. The van der Waals surface area contributed by atoms with Gasteiger partial charge in [0.2, 0.25) is 0 Å². The predicted molar refractivity (Wildman–Crippen MR) is 73.3 cm³/mol. The third-order valence-electron chi connectivity index (χ3n) is 3.12. The van der Waals surface area contributed by atoms with Crippen LogP contribution in [0.4, 0.5) is 5.82 Å². The van der Waals surface area contributed by atoms with Gasteiger partial charge in [-0.05, 0) is 29.5 Å². The normalized spacial score (nSPS) is 34.7. The lowest BCUT2D eigenvalue weighted by Crippen LogP contribution is -2.46.